The first kappa shape index (κ1) is 36.6. The van der Waals surface area contributed by atoms with Crippen molar-refractivity contribution in [3.05, 3.63) is 88.9 Å². The molecule has 0 saturated carbocycles. The molecule has 0 spiro atoms. The molecule has 0 aliphatic carbocycles. The molecule has 6 rings (SSSR count). The number of carboxylic acid groups (broad SMARTS) is 1. The number of anilines is 3. The maximum absolute atomic E-state index is 14.7. The second kappa shape index (κ2) is 14.9. The Kier molecular flexibility index (Phi) is 11.1. The molecular formula is C35H40FN5O7S. The Bertz CT molecular complexity index is 2020. The number of sulfone groups is 1. The summed E-state index contributed by atoms with van der Waals surface area (Å²) in [5.41, 5.74) is 9.57. The Morgan fingerprint density at radius 3 is 2.47 bits per heavy atom. The molecule has 2 amide bonds. The zero-order chi connectivity index (χ0) is 36.2. The largest absolute Gasteiger partial charge is 0.481 e. The normalized spacial score (nSPS) is 16.9. The highest BCUT2D eigenvalue weighted by Gasteiger charge is 2.29. The summed E-state index contributed by atoms with van der Waals surface area (Å²) < 4.78 is 46.8. The van der Waals surface area contributed by atoms with Gasteiger partial charge in [0.1, 0.15) is 17.7 Å². The van der Waals surface area contributed by atoms with Gasteiger partial charge < -0.3 is 25.8 Å². The number of nitrogen functional groups attached to an aromatic ring is 1. The average molecular weight is 694 g/mol. The van der Waals surface area contributed by atoms with Crippen LogP contribution < -0.4 is 16.4 Å². The van der Waals surface area contributed by atoms with Crippen LogP contribution in [0.15, 0.2) is 65.7 Å². The van der Waals surface area contributed by atoms with Crippen LogP contribution in [0.1, 0.15) is 61.9 Å². The first-order chi connectivity index (χ1) is 23.0. The van der Waals surface area contributed by atoms with E-state index in [1.54, 1.807) is 45.2 Å². The molecule has 2 aliphatic heterocycles. The van der Waals surface area contributed by atoms with E-state index in [0.29, 0.717) is 27.9 Å². The Labute approximate surface area is 284 Å². The van der Waals surface area contributed by atoms with Crippen molar-refractivity contribution in [2.75, 3.05) is 30.0 Å². The lowest BCUT2D eigenvalue weighted by Gasteiger charge is -2.28. The van der Waals surface area contributed by atoms with E-state index in [2.05, 4.69) is 15.6 Å². The van der Waals surface area contributed by atoms with Gasteiger partial charge in [0, 0.05) is 48.6 Å². The van der Waals surface area contributed by atoms with Gasteiger partial charge in [-0.25, -0.2) is 22.6 Å². The van der Waals surface area contributed by atoms with E-state index in [4.69, 9.17) is 20.4 Å². The highest BCUT2D eigenvalue weighted by Crippen LogP contribution is 2.32. The third kappa shape index (κ3) is 8.44. The predicted octanol–water partition coefficient (Wildman–Crippen LogP) is 6.01. The summed E-state index contributed by atoms with van der Waals surface area (Å²) in [5.74, 6) is -1.71. The van der Waals surface area contributed by atoms with Gasteiger partial charge in [-0.15, -0.1) is 0 Å². The molecule has 49 heavy (non-hydrogen) atoms. The van der Waals surface area contributed by atoms with Crippen LogP contribution in [0.3, 0.4) is 0 Å². The van der Waals surface area contributed by atoms with Crippen molar-refractivity contribution < 1.29 is 37.0 Å². The second-order valence-corrected chi connectivity index (χ2v) is 14.7. The first-order valence-corrected chi connectivity index (χ1v) is 17.0. The van der Waals surface area contributed by atoms with E-state index in [1.165, 1.54) is 17.0 Å². The summed E-state index contributed by atoms with van der Waals surface area (Å²) in [4.78, 5) is 41.3. The number of halogens is 1. The number of carbonyl (C=O) groups excluding carboxylic acids is 2. The van der Waals surface area contributed by atoms with Crippen LogP contribution in [0.2, 0.25) is 0 Å². The number of hydrogen-bond acceptors (Lipinski definition) is 9. The molecule has 5 N–H and O–H groups in total. The number of amides is 2. The van der Waals surface area contributed by atoms with Gasteiger partial charge in [-0.1, -0.05) is 25.1 Å². The number of likely N-dealkylation sites (N-methyl/N-ethyl adjacent to an activating group) is 1. The Balaban J connectivity index is 0.00000128. The molecule has 0 fully saturated rings. The Morgan fingerprint density at radius 2 is 1.82 bits per heavy atom. The molecule has 3 aromatic carbocycles. The lowest BCUT2D eigenvalue weighted by molar-refractivity contribution is -0.134. The van der Waals surface area contributed by atoms with E-state index in [-0.39, 0.29) is 41.1 Å². The molecule has 14 heteroatoms. The number of carboxylic acids is 1. The van der Waals surface area contributed by atoms with Crippen LogP contribution in [0.4, 0.5) is 26.4 Å². The number of ether oxygens (including phenoxy) is 1. The molecule has 2 atom stereocenters. The van der Waals surface area contributed by atoms with Crippen molar-refractivity contribution in [1.82, 2.24) is 9.88 Å². The lowest BCUT2D eigenvalue weighted by Crippen LogP contribution is -2.35. The number of nitrogens with two attached hydrogens (primary N) is 1. The topological polar surface area (TPSA) is 181 Å². The number of aromatic nitrogens is 1. The van der Waals surface area contributed by atoms with E-state index in [9.17, 15) is 22.4 Å². The van der Waals surface area contributed by atoms with Gasteiger partial charge in [-0.05, 0) is 79.4 Å². The van der Waals surface area contributed by atoms with Crippen molar-refractivity contribution in [3.8, 4) is 0 Å². The molecule has 0 unspecified atom stereocenters. The fourth-order valence-corrected chi connectivity index (χ4v) is 6.77. The van der Waals surface area contributed by atoms with Gasteiger partial charge in [0.2, 0.25) is 5.91 Å². The highest BCUT2D eigenvalue weighted by atomic mass is 32.2. The van der Waals surface area contributed by atoms with Crippen LogP contribution >= 0.6 is 0 Å². The fourth-order valence-electron chi connectivity index (χ4n) is 5.52. The smallest absolute Gasteiger partial charge is 0.411 e. The zero-order valence-electron chi connectivity index (χ0n) is 28.1. The number of hydrogen-bond donors (Lipinski definition) is 4. The summed E-state index contributed by atoms with van der Waals surface area (Å²) >= 11 is 0. The lowest BCUT2D eigenvalue weighted by atomic mass is 9.93. The predicted molar refractivity (Wildman–Crippen MR) is 186 cm³/mol. The molecule has 260 valence electrons. The van der Waals surface area contributed by atoms with Crippen LogP contribution in [-0.4, -0.2) is 60.3 Å². The maximum atomic E-state index is 14.7. The number of nitrogens with one attached hydrogen (secondary N) is 2. The minimum Gasteiger partial charge on any atom is -0.481 e. The summed E-state index contributed by atoms with van der Waals surface area (Å²) in [6.45, 7) is 8.12. The number of pyridine rings is 1. The summed E-state index contributed by atoms with van der Waals surface area (Å²) in [6, 6.07) is 14.1. The minimum absolute atomic E-state index is 0.0618. The van der Waals surface area contributed by atoms with E-state index in [1.807, 2.05) is 32.0 Å². The van der Waals surface area contributed by atoms with Gasteiger partial charge >= 0.3 is 6.09 Å². The monoisotopic (exact) mass is 693 g/mol. The number of fused-ring (bicyclic) bond motifs is 10. The van der Waals surface area contributed by atoms with E-state index in [0.717, 1.165) is 24.2 Å². The number of aryl methyl sites for hydroxylation is 1. The Morgan fingerprint density at radius 1 is 1.12 bits per heavy atom. The maximum Gasteiger partial charge on any atom is 0.411 e. The van der Waals surface area contributed by atoms with Crippen LogP contribution in [0.25, 0.3) is 10.8 Å². The van der Waals surface area contributed by atoms with Crippen molar-refractivity contribution in [3.63, 3.8) is 0 Å². The number of rotatable bonds is 4. The molecule has 3 heterocycles. The van der Waals surface area contributed by atoms with Gasteiger partial charge in [0.05, 0.1) is 22.9 Å². The standard InChI is InChI=1S/C33H36FN5O5S.C2H4O2/c1-18(2)45(42,43)29-11-8-23-13-22(29)16-39(5)32(40)30(37-24-7-10-26-27(14-24)28(34)15-36-31(26)35)21-6-9-25(19(3)12-21)20(4)17-44-33(41)38-23;1-2(3)4/h6-15,18,20,30,37H,16-17H2,1-5H3,(H2,35,36)(H,38,41);1H3,(H,3,4)/t20-,30+;/m0./s1. The molecule has 12 nitrogen and oxygen atoms in total. The van der Waals surface area contributed by atoms with Crippen molar-refractivity contribution >= 4 is 55.8 Å². The fraction of sp³-hybridized carbons (Fsp3) is 0.314. The minimum atomic E-state index is -3.74. The third-order valence-electron chi connectivity index (χ3n) is 8.07. The SMILES string of the molecule is CC(=O)O.Cc1cc2ccc1[C@@H](C)COC(=O)Nc1ccc(S(=O)(=O)C(C)C)c(c1)CN(C)C(=O)[C@@H]2Nc1ccc2c(N)ncc(F)c2c1. The molecule has 2 aliphatic rings. The van der Waals surface area contributed by atoms with E-state index >= 15 is 0 Å². The second-order valence-electron chi connectivity index (χ2n) is 12.2. The van der Waals surface area contributed by atoms with Gasteiger partial charge in [-0.2, -0.15) is 0 Å². The molecule has 4 aromatic rings. The molecule has 1 aromatic heterocycles. The van der Waals surface area contributed by atoms with Crippen molar-refractivity contribution in [1.29, 1.82) is 0 Å². The number of aliphatic carboxylic acids is 1. The van der Waals surface area contributed by atoms with Gasteiger partial charge in [0.15, 0.2) is 9.84 Å². The molecular weight excluding hydrogens is 653 g/mol. The van der Waals surface area contributed by atoms with Crippen molar-refractivity contribution in [2.45, 2.75) is 63.3 Å². The highest BCUT2D eigenvalue weighted by molar-refractivity contribution is 7.92. The van der Waals surface area contributed by atoms with Crippen LogP contribution in [0.5, 0.6) is 0 Å². The van der Waals surface area contributed by atoms with E-state index < -0.39 is 39.0 Å². The first-order valence-electron chi connectivity index (χ1n) is 15.4. The average Bonchev–Trinajstić information content (AvgIpc) is 3.03. The quantitative estimate of drug-likeness (QED) is 0.198. The molecule has 4 bridgehead atoms. The van der Waals surface area contributed by atoms with Crippen LogP contribution in [0, 0.1) is 12.7 Å². The summed E-state index contributed by atoms with van der Waals surface area (Å²) in [6.07, 6.45) is 0.380. The number of carbonyl (C=O) groups is 3. The van der Waals surface area contributed by atoms with Crippen LogP contribution in [-0.2, 0) is 30.7 Å². The zero-order valence-corrected chi connectivity index (χ0v) is 28.9. The molecule has 0 radical (unpaired) electrons. The Hall–Kier alpha value is -5.24. The van der Waals surface area contributed by atoms with Crippen molar-refractivity contribution in [2.24, 2.45) is 0 Å². The summed E-state index contributed by atoms with van der Waals surface area (Å²) in [5, 5.41) is 13.4. The van der Waals surface area contributed by atoms with Gasteiger partial charge in [0.25, 0.3) is 5.97 Å². The summed E-state index contributed by atoms with van der Waals surface area (Å²) in [7, 11) is -2.16. The van der Waals surface area contributed by atoms with Gasteiger partial charge in [-0.3, -0.25) is 14.9 Å². The number of nitrogens with zero attached hydrogens (tertiary/aromatic N) is 2. The third-order valence-corrected chi connectivity index (χ3v) is 10.3. The number of benzene rings is 3. The molecule has 0 saturated heterocycles.